The number of methoxy groups -OCH3 is 1. The lowest BCUT2D eigenvalue weighted by Crippen LogP contribution is -2.50. The number of nitrogens with zero attached hydrogens (tertiary/aromatic N) is 2. The van der Waals surface area contributed by atoms with Crippen molar-refractivity contribution in [2.45, 2.75) is 31.3 Å². The van der Waals surface area contributed by atoms with E-state index in [1.165, 1.54) is 31.2 Å². The van der Waals surface area contributed by atoms with Crippen LogP contribution in [0.3, 0.4) is 0 Å². The summed E-state index contributed by atoms with van der Waals surface area (Å²) in [4.78, 5) is 27.6. The number of halogens is 1. The summed E-state index contributed by atoms with van der Waals surface area (Å²) in [6.45, 7) is 2.97. The van der Waals surface area contributed by atoms with E-state index in [1.54, 1.807) is 67.6 Å². The normalized spacial score (nSPS) is 11.9. The number of benzene rings is 3. The van der Waals surface area contributed by atoms with Crippen LogP contribution in [0.5, 0.6) is 5.75 Å². The van der Waals surface area contributed by atoms with E-state index < -0.39 is 28.5 Å². The number of amides is 2. The van der Waals surface area contributed by atoms with Crippen LogP contribution in [-0.2, 0) is 26.2 Å². The van der Waals surface area contributed by atoms with Gasteiger partial charge in [-0.15, -0.1) is 0 Å². The Morgan fingerprint density at radius 2 is 1.62 bits per heavy atom. The van der Waals surface area contributed by atoms with Crippen LogP contribution in [0.2, 0.25) is 5.02 Å². The third-order valence-corrected chi connectivity index (χ3v) is 8.12. The molecule has 2 amide bonds. The van der Waals surface area contributed by atoms with Crippen molar-refractivity contribution in [3.63, 3.8) is 0 Å². The van der Waals surface area contributed by atoms with Gasteiger partial charge in [-0.05, 0) is 61.9 Å². The van der Waals surface area contributed by atoms with Crippen LogP contribution in [0.1, 0.15) is 18.1 Å². The second-order valence-electron chi connectivity index (χ2n) is 8.43. The number of hydrogen-bond acceptors (Lipinski definition) is 5. The van der Waals surface area contributed by atoms with E-state index in [0.717, 1.165) is 9.87 Å². The Morgan fingerprint density at radius 3 is 2.19 bits per heavy atom. The van der Waals surface area contributed by atoms with E-state index in [2.05, 4.69) is 5.32 Å². The summed E-state index contributed by atoms with van der Waals surface area (Å²) in [7, 11) is -1.19. The Hall–Kier alpha value is -3.56. The molecule has 0 aliphatic heterocycles. The van der Waals surface area contributed by atoms with Crippen LogP contribution in [0.15, 0.2) is 77.7 Å². The molecule has 0 fully saturated rings. The highest BCUT2D eigenvalue weighted by Gasteiger charge is 2.32. The average molecular weight is 544 g/mol. The van der Waals surface area contributed by atoms with Crippen LogP contribution >= 0.6 is 11.6 Å². The van der Waals surface area contributed by atoms with Crippen molar-refractivity contribution < 1.29 is 22.7 Å². The van der Waals surface area contributed by atoms with Gasteiger partial charge in [0.2, 0.25) is 11.8 Å². The van der Waals surface area contributed by atoms with Crippen molar-refractivity contribution in [1.82, 2.24) is 10.2 Å². The molecule has 8 nitrogen and oxygen atoms in total. The fourth-order valence-corrected chi connectivity index (χ4v) is 5.33. The molecule has 3 rings (SSSR count). The molecular formula is C27H30ClN3O5S. The summed E-state index contributed by atoms with van der Waals surface area (Å²) in [6.07, 6.45) is 0. The number of ether oxygens (including phenoxy) is 1. The lowest BCUT2D eigenvalue weighted by atomic mass is 10.1. The number of hydrogen-bond donors (Lipinski definition) is 1. The molecule has 1 N–H and O–H groups in total. The highest BCUT2D eigenvalue weighted by Crippen LogP contribution is 2.26. The number of carbonyl (C=O) groups is 2. The van der Waals surface area contributed by atoms with Crippen LogP contribution in [-0.4, -0.2) is 51.9 Å². The number of carbonyl (C=O) groups excluding carboxylic acids is 2. The Balaban J connectivity index is 2.03. The number of rotatable bonds is 10. The maximum atomic E-state index is 13.8. The van der Waals surface area contributed by atoms with Crippen molar-refractivity contribution in [1.29, 1.82) is 0 Å². The first kappa shape index (κ1) is 28.0. The van der Waals surface area contributed by atoms with E-state index in [9.17, 15) is 18.0 Å². The van der Waals surface area contributed by atoms with E-state index in [1.807, 2.05) is 6.92 Å². The van der Waals surface area contributed by atoms with Gasteiger partial charge in [0.05, 0.1) is 17.7 Å². The van der Waals surface area contributed by atoms with E-state index in [4.69, 9.17) is 16.3 Å². The molecule has 0 spiro atoms. The molecule has 0 aromatic heterocycles. The molecule has 0 heterocycles. The Labute approximate surface area is 222 Å². The molecule has 0 aliphatic carbocycles. The zero-order valence-electron chi connectivity index (χ0n) is 21.1. The predicted octanol–water partition coefficient (Wildman–Crippen LogP) is 4.02. The number of sulfonamides is 1. The third kappa shape index (κ3) is 6.61. The van der Waals surface area contributed by atoms with Gasteiger partial charge in [0, 0.05) is 18.6 Å². The minimum Gasteiger partial charge on any atom is -0.497 e. The summed E-state index contributed by atoms with van der Waals surface area (Å²) in [5, 5.41) is 2.98. The van der Waals surface area contributed by atoms with Gasteiger partial charge < -0.3 is 15.0 Å². The van der Waals surface area contributed by atoms with Crippen LogP contribution in [0, 0.1) is 6.92 Å². The maximum absolute atomic E-state index is 13.8. The summed E-state index contributed by atoms with van der Waals surface area (Å²) in [5.41, 5.74) is 1.89. The largest absolute Gasteiger partial charge is 0.497 e. The molecule has 0 saturated carbocycles. The SMILES string of the molecule is CNC(=O)[C@H](C)N(Cc1ccccc1Cl)C(=O)CN(c1ccc(C)cc1)S(=O)(=O)c1ccc(OC)cc1. The molecule has 1 atom stereocenters. The zero-order valence-corrected chi connectivity index (χ0v) is 22.7. The standard InChI is InChI=1S/C27H30ClN3O5S/c1-19-9-11-22(12-10-19)31(37(34,35)24-15-13-23(36-4)14-16-24)18-26(32)30(20(2)27(33)29-3)17-21-7-5-6-8-25(21)28/h5-16,20H,17-18H2,1-4H3,(H,29,33)/t20-/m0/s1. The summed E-state index contributed by atoms with van der Waals surface area (Å²) < 4.78 is 33.7. The first-order chi connectivity index (χ1) is 17.6. The predicted molar refractivity (Wildman–Crippen MR) is 144 cm³/mol. The van der Waals surface area contributed by atoms with Gasteiger partial charge in [0.15, 0.2) is 0 Å². The third-order valence-electron chi connectivity index (χ3n) is 5.96. The van der Waals surface area contributed by atoms with Gasteiger partial charge in [-0.1, -0.05) is 47.5 Å². The highest BCUT2D eigenvalue weighted by molar-refractivity contribution is 7.92. The topological polar surface area (TPSA) is 96.0 Å². The van der Waals surface area contributed by atoms with Crippen molar-refractivity contribution in [2.24, 2.45) is 0 Å². The van der Waals surface area contributed by atoms with Crippen LogP contribution in [0.25, 0.3) is 0 Å². The molecule has 0 unspecified atom stereocenters. The molecule has 0 bridgehead atoms. The van der Waals surface area contributed by atoms with Crippen molar-refractivity contribution >= 4 is 39.1 Å². The molecule has 3 aromatic carbocycles. The zero-order chi connectivity index (χ0) is 27.2. The first-order valence-corrected chi connectivity index (χ1v) is 13.4. The minimum absolute atomic E-state index is 0.00122. The fraction of sp³-hybridized carbons (Fsp3) is 0.259. The smallest absolute Gasteiger partial charge is 0.264 e. The van der Waals surface area contributed by atoms with Gasteiger partial charge in [0.25, 0.3) is 10.0 Å². The van der Waals surface area contributed by atoms with E-state index in [-0.39, 0.29) is 17.3 Å². The van der Waals surface area contributed by atoms with Gasteiger partial charge in [-0.25, -0.2) is 8.42 Å². The van der Waals surface area contributed by atoms with Gasteiger partial charge in [0.1, 0.15) is 18.3 Å². The second-order valence-corrected chi connectivity index (χ2v) is 10.7. The van der Waals surface area contributed by atoms with Gasteiger partial charge >= 0.3 is 0 Å². The molecule has 0 aliphatic rings. The quantitative estimate of drug-likeness (QED) is 0.417. The number of likely N-dealkylation sites (N-methyl/N-ethyl adjacent to an activating group) is 1. The van der Waals surface area contributed by atoms with Crippen molar-refractivity contribution in [3.05, 3.63) is 88.9 Å². The minimum atomic E-state index is -4.15. The molecule has 0 saturated heterocycles. The van der Waals surface area contributed by atoms with Gasteiger partial charge in [-0.2, -0.15) is 0 Å². The molecule has 196 valence electrons. The highest BCUT2D eigenvalue weighted by atomic mass is 35.5. The maximum Gasteiger partial charge on any atom is 0.264 e. The fourth-order valence-electron chi connectivity index (χ4n) is 3.72. The van der Waals surface area contributed by atoms with Gasteiger partial charge in [-0.3, -0.25) is 13.9 Å². The monoisotopic (exact) mass is 543 g/mol. The molecule has 0 radical (unpaired) electrons. The Kier molecular flexibility index (Phi) is 9.18. The number of aryl methyl sites for hydroxylation is 1. The average Bonchev–Trinajstić information content (AvgIpc) is 2.90. The first-order valence-electron chi connectivity index (χ1n) is 11.6. The molecular weight excluding hydrogens is 514 g/mol. The second kappa shape index (κ2) is 12.1. The number of anilines is 1. The molecule has 37 heavy (non-hydrogen) atoms. The summed E-state index contributed by atoms with van der Waals surface area (Å²) in [6, 6.07) is 18.9. The Morgan fingerprint density at radius 1 is 1.00 bits per heavy atom. The van der Waals surface area contributed by atoms with Crippen molar-refractivity contribution in [3.8, 4) is 5.75 Å². The summed E-state index contributed by atoms with van der Waals surface area (Å²) >= 11 is 6.33. The van der Waals surface area contributed by atoms with E-state index in [0.29, 0.717) is 22.0 Å². The lowest BCUT2D eigenvalue weighted by molar-refractivity contribution is -0.139. The van der Waals surface area contributed by atoms with E-state index >= 15 is 0 Å². The number of nitrogens with one attached hydrogen (secondary N) is 1. The lowest BCUT2D eigenvalue weighted by Gasteiger charge is -2.32. The van der Waals surface area contributed by atoms with Crippen molar-refractivity contribution in [2.75, 3.05) is 25.0 Å². The van der Waals surface area contributed by atoms with Crippen LogP contribution < -0.4 is 14.4 Å². The summed E-state index contributed by atoms with van der Waals surface area (Å²) in [5.74, 6) is -0.448. The molecule has 3 aromatic rings. The Bertz CT molecular complexity index is 1350. The van der Waals surface area contributed by atoms with Crippen LogP contribution in [0.4, 0.5) is 5.69 Å². The molecule has 10 heteroatoms.